The minimum absolute atomic E-state index is 0.116. The van der Waals surface area contributed by atoms with Crippen molar-refractivity contribution in [2.75, 3.05) is 6.54 Å². The van der Waals surface area contributed by atoms with Crippen molar-refractivity contribution in [3.63, 3.8) is 0 Å². The molecule has 1 aliphatic carbocycles. The molecule has 0 aromatic heterocycles. The number of hydroxylamine groups is 1. The first kappa shape index (κ1) is 21.6. The Morgan fingerprint density at radius 1 is 1.17 bits per heavy atom. The Morgan fingerprint density at radius 3 is 2.45 bits per heavy atom. The monoisotopic (exact) mass is 421 g/mol. The lowest BCUT2D eigenvalue weighted by Crippen LogP contribution is -2.54. The molecule has 0 unspecified atom stereocenters. The lowest BCUT2D eigenvalue weighted by atomic mass is 9.81. The lowest BCUT2D eigenvalue weighted by molar-refractivity contribution is -0.147. The van der Waals surface area contributed by atoms with E-state index in [1.54, 1.807) is 41.6 Å². The van der Waals surface area contributed by atoms with Crippen LogP contribution < -0.4 is 10.8 Å². The molecule has 158 valence electrons. The van der Waals surface area contributed by atoms with Gasteiger partial charge in [0.1, 0.15) is 6.04 Å². The minimum Gasteiger partial charge on any atom is -0.352 e. The number of carbonyl (C=O) groups excluding carboxylic acids is 3. The van der Waals surface area contributed by atoms with E-state index < -0.39 is 23.8 Å². The quantitative estimate of drug-likeness (QED) is 0.465. The molecule has 3 rings (SSSR count). The van der Waals surface area contributed by atoms with Crippen LogP contribution in [0.25, 0.3) is 0 Å². The Morgan fingerprint density at radius 2 is 1.86 bits per heavy atom. The molecule has 3 atom stereocenters. The van der Waals surface area contributed by atoms with E-state index in [1.165, 1.54) is 0 Å². The van der Waals surface area contributed by atoms with Gasteiger partial charge in [-0.15, -0.1) is 0 Å². The third-order valence-corrected chi connectivity index (χ3v) is 6.05. The van der Waals surface area contributed by atoms with Crippen molar-refractivity contribution in [2.45, 2.75) is 63.5 Å². The molecule has 1 aliphatic heterocycles. The summed E-state index contributed by atoms with van der Waals surface area (Å²) in [6, 6.07) is 6.49. The van der Waals surface area contributed by atoms with E-state index in [9.17, 15) is 19.6 Å². The van der Waals surface area contributed by atoms with Gasteiger partial charge in [0.05, 0.1) is 11.8 Å². The van der Waals surface area contributed by atoms with E-state index in [2.05, 4.69) is 5.32 Å². The second-order valence-corrected chi connectivity index (χ2v) is 8.28. The van der Waals surface area contributed by atoms with Crippen LogP contribution in [0.15, 0.2) is 24.3 Å². The molecular weight excluding hydrogens is 394 g/mol. The average molecular weight is 422 g/mol. The summed E-state index contributed by atoms with van der Waals surface area (Å²) in [5.41, 5.74) is 2.33. The topological polar surface area (TPSA) is 98.7 Å². The molecule has 8 heteroatoms. The number of halogens is 1. The minimum atomic E-state index is -0.807. The van der Waals surface area contributed by atoms with Crippen molar-refractivity contribution in [1.82, 2.24) is 15.7 Å². The molecule has 1 heterocycles. The van der Waals surface area contributed by atoms with Crippen molar-refractivity contribution in [1.29, 1.82) is 0 Å². The zero-order valence-corrected chi connectivity index (χ0v) is 17.3. The molecular formula is C21H28ClN3O4. The number of hydrogen-bond donors (Lipinski definition) is 3. The number of piperidine rings is 1. The Bertz CT molecular complexity index is 751. The maximum atomic E-state index is 13.7. The van der Waals surface area contributed by atoms with Crippen LogP contribution >= 0.6 is 11.6 Å². The molecule has 1 saturated carbocycles. The number of amides is 3. The Balaban J connectivity index is 1.91. The van der Waals surface area contributed by atoms with Gasteiger partial charge < -0.3 is 10.2 Å². The zero-order chi connectivity index (χ0) is 21.0. The summed E-state index contributed by atoms with van der Waals surface area (Å²) in [5.74, 6) is -2.56. The summed E-state index contributed by atoms with van der Waals surface area (Å²) >= 11 is 6.00. The predicted octanol–water partition coefficient (Wildman–Crippen LogP) is 2.61. The van der Waals surface area contributed by atoms with Crippen LogP contribution in [0.2, 0.25) is 5.02 Å². The van der Waals surface area contributed by atoms with Gasteiger partial charge in [-0.3, -0.25) is 19.6 Å². The van der Waals surface area contributed by atoms with E-state index in [-0.39, 0.29) is 17.9 Å². The predicted molar refractivity (Wildman–Crippen MR) is 108 cm³/mol. The first-order valence-corrected chi connectivity index (χ1v) is 10.6. The van der Waals surface area contributed by atoms with Crippen molar-refractivity contribution in [2.24, 2.45) is 5.92 Å². The summed E-state index contributed by atoms with van der Waals surface area (Å²) < 4.78 is 0. The van der Waals surface area contributed by atoms with Crippen molar-refractivity contribution in [3.05, 3.63) is 34.9 Å². The number of rotatable bonds is 7. The van der Waals surface area contributed by atoms with Crippen molar-refractivity contribution >= 4 is 29.3 Å². The smallest absolute Gasteiger partial charge is 0.247 e. The Hall–Kier alpha value is -2.12. The standard InChI is InChI=1S/C21H28ClN3O4/c1-2-16(19(26)24-29)18(13-6-8-14(22)9-7-13)21(28)25-12-4-3-5-17(25)20(27)23-15-10-11-15/h6-9,15-18,29H,2-5,10-12H2,1H3,(H,23,27)(H,24,26)/t16-,17-,18+/m0/s1. The third kappa shape index (κ3) is 5.08. The maximum absolute atomic E-state index is 13.7. The van der Waals surface area contributed by atoms with E-state index in [0.717, 1.165) is 25.7 Å². The SMILES string of the molecule is CC[C@H](C(=O)NO)[C@H](C(=O)N1CCCC[C@H]1C(=O)NC1CC1)c1ccc(Cl)cc1. The molecule has 7 nitrogen and oxygen atoms in total. The second-order valence-electron chi connectivity index (χ2n) is 7.85. The summed E-state index contributed by atoms with van der Waals surface area (Å²) in [7, 11) is 0. The van der Waals surface area contributed by atoms with Crippen LogP contribution in [0.5, 0.6) is 0 Å². The lowest BCUT2D eigenvalue weighted by Gasteiger charge is -2.38. The van der Waals surface area contributed by atoms with E-state index in [1.807, 2.05) is 0 Å². The third-order valence-electron chi connectivity index (χ3n) is 5.80. The number of nitrogens with zero attached hydrogens (tertiary/aromatic N) is 1. The van der Waals surface area contributed by atoms with Gasteiger partial charge in [-0.1, -0.05) is 30.7 Å². The summed E-state index contributed by atoms with van der Waals surface area (Å²) in [6.07, 6.45) is 4.63. The largest absolute Gasteiger partial charge is 0.352 e. The van der Waals surface area contributed by atoms with E-state index >= 15 is 0 Å². The molecule has 0 bridgehead atoms. The molecule has 0 spiro atoms. The molecule has 1 aromatic carbocycles. The van der Waals surface area contributed by atoms with Gasteiger partial charge in [-0.05, 0) is 56.2 Å². The van der Waals surface area contributed by atoms with Gasteiger partial charge in [0.2, 0.25) is 17.7 Å². The van der Waals surface area contributed by atoms with Gasteiger partial charge in [-0.25, -0.2) is 5.48 Å². The molecule has 3 N–H and O–H groups in total. The molecule has 29 heavy (non-hydrogen) atoms. The van der Waals surface area contributed by atoms with Crippen LogP contribution in [0.4, 0.5) is 0 Å². The van der Waals surface area contributed by atoms with E-state index in [4.69, 9.17) is 11.6 Å². The maximum Gasteiger partial charge on any atom is 0.247 e. The second kappa shape index (κ2) is 9.59. The summed E-state index contributed by atoms with van der Waals surface area (Å²) in [6.45, 7) is 2.27. The van der Waals surface area contributed by atoms with E-state index in [0.29, 0.717) is 30.0 Å². The first-order chi connectivity index (χ1) is 14.0. The summed E-state index contributed by atoms with van der Waals surface area (Å²) in [5, 5.41) is 12.7. The molecule has 2 fully saturated rings. The molecule has 3 amide bonds. The van der Waals surface area contributed by atoms with Crippen LogP contribution in [-0.2, 0) is 14.4 Å². The van der Waals surface area contributed by atoms with Crippen molar-refractivity contribution in [3.8, 4) is 0 Å². The Labute approximate surface area is 175 Å². The van der Waals surface area contributed by atoms with Crippen LogP contribution in [0.1, 0.15) is 56.9 Å². The fourth-order valence-electron chi connectivity index (χ4n) is 4.04. The fourth-order valence-corrected chi connectivity index (χ4v) is 4.17. The van der Waals surface area contributed by atoms with Gasteiger partial charge in [-0.2, -0.15) is 0 Å². The van der Waals surface area contributed by atoms with Crippen LogP contribution in [0.3, 0.4) is 0 Å². The van der Waals surface area contributed by atoms with Crippen LogP contribution in [-0.4, -0.2) is 46.5 Å². The van der Waals surface area contributed by atoms with Gasteiger partial charge >= 0.3 is 0 Å². The molecule has 1 saturated heterocycles. The molecule has 2 aliphatic rings. The average Bonchev–Trinajstić information content (AvgIpc) is 3.55. The highest BCUT2D eigenvalue weighted by molar-refractivity contribution is 6.30. The normalized spacial score (nSPS) is 21.2. The fraction of sp³-hybridized carbons (Fsp3) is 0.571. The van der Waals surface area contributed by atoms with Crippen LogP contribution in [0, 0.1) is 5.92 Å². The van der Waals surface area contributed by atoms with Gasteiger partial charge in [0, 0.05) is 17.6 Å². The Kier molecular flexibility index (Phi) is 7.14. The number of hydrogen-bond acceptors (Lipinski definition) is 4. The van der Waals surface area contributed by atoms with Gasteiger partial charge in [0.15, 0.2) is 0 Å². The van der Waals surface area contributed by atoms with Gasteiger partial charge in [0.25, 0.3) is 0 Å². The number of carbonyl (C=O) groups is 3. The summed E-state index contributed by atoms with van der Waals surface area (Å²) in [4.78, 5) is 40.4. The van der Waals surface area contributed by atoms with Crippen molar-refractivity contribution < 1.29 is 19.6 Å². The first-order valence-electron chi connectivity index (χ1n) is 10.3. The number of nitrogens with one attached hydrogen (secondary N) is 2. The zero-order valence-electron chi connectivity index (χ0n) is 16.6. The highest BCUT2D eigenvalue weighted by Crippen LogP contribution is 2.33. The molecule has 1 aromatic rings. The number of benzene rings is 1. The highest BCUT2D eigenvalue weighted by atomic mass is 35.5. The highest BCUT2D eigenvalue weighted by Gasteiger charge is 2.41. The molecule has 0 radical (unpaired) electrons. The number of likely N-dealkylation sites (tertiary alicyclic amines) is 1.